The number of hydrogen-bond donors (Lipinski definition) is 1. The predicted molar refractivity (Wildman–Crippen MR) is 81.6 cm³/mol. The van der Waals surface area contributed by atoms with Gasteiger partial charge in [-0.3, -0.25) is 9.59 Å². The molecule has 0 spiro atoms. The molecule has 1 aliphatic heterocycles. The van der Waals surface area contributed by atoms with E-state index in [4.69, 9.17) is 0 Å². The van der Waals surface area contributed by atoms with Crippen LogP contribution in [-0.4, -0.2) is 28.1 Å². The van der Waals surface area contributed by atoms with E-state index in [0.717, 1.165) is 11.9 Å². The molecule has 0 fully saturated rings. The van der Waals surface area contributed by atoms with Crippen LogP contribution in [-0.2, 0) is 16.0 Å². The molecule has 1 aromatic heterocycles. The summed E-state index contributed by atoms with van der Waals surface area (Å²) in [5.41, 5.74) is 1.33. The average Bonchev–Trinajstić information content (AvgIpc) is 2.88. The Labute approximate surface area is 123 Å². The minimum absolute atomic E-state index is 0.129. The molecule has 2 aromatic rings. The van der Waals surface area contributed by atoms with Crippen molar-refractivity contribution in [1.29, 1.82) is 0 Å². The van der Waals surface area contributed by atoms with Crippen LogP contribution >= 0.6 is 0 Å². The number of nitrogens with zero attached hydrogens (tertiary/aromatic N) is 1. The van der Waals surface area contributed by atoms with Crippen LogP contribution in [0.25, 0.3) is 10.9 Å². The second-order valence-corrected chi connectivity index (χ2v) is 5.91. The number of para-hydroxylation sites is 1. The Balaban J connectivity index is 1.78. The highest BCUT2D eigenvalue weighted by Crippen LogP contribution is 2.26. The van der Waals surface area contributed by atoms with Crippen LogP contribution in [0.2, 0.25) is 0 Å². The lowest BCUT2D eigenvalue weighted by Crippen LogP contribution is -2.46. The molecular formula is C17H18N2O2. The Bertz CT molecular complexity index is 740. The van der Waals surface area contributed by atoms with Gasteiger partial charge in [-0.05, 0) is 38.0 Å². The standard InChI is InChI=1S/C17H18N2O2/c1-17(2)15(20)8-10-19(16(17)21)9-7-12-11-18-14-6-4-3-5-13(12)14/h3-6,8,10-11,18H,7,9H2,1-2H3. The Morgan fingerprint density at radius 1 is 1.19 bits per heavy atom. The van der Waals surface area contributed by atoms with Crippen molar-refractivity contribution < 1.29 is 9.59 Å². The number of aromatic nitrogens is 1. The van der Waals surface area contributed by atoms with Gasteiger partial charge in [0.15, 0.2) is 5.78 Å². The lowest BCUT2D eigenvalue weighted by Gasteiger charge is -2.31. The maximum atomic E-state index is 12.3. The van der Waals surface area contributed by atoms with Gasteiger partial charge in [-0.1, -0.05) is 18.2 Å². The number of nitrogens with one attached hydrogen (secondary N) is 1. The number of hydrogen-bond acceptors (Lipinski definition) is 2. The predicted octanol–water partition coefficient (Wildman–Crippen LogP) is 2.66. The number of fused-ring (bicyclic) bond motifs is 1. The van der Waals surface area contributed by atoms with Crippen molar-refractivity contribution in [3.63, 3.8) is 0 Å². The number of H-pyrrole nitrogens is 1. The van der Waals surface area contributed by atoms with Gasteiger partial charge in [0.05, 0.1) is 0 Å². The third kappa shape index (κ3) is 2.27. The first-order valence-electron chi connectivity index (χ1n) is 7.09. The average molecular weight is 282 g/mol. The summed E-state index contributed by atoms with van der Waals surface area (Å²) in [4.78, 5) is 28.9. The third-order valence-corrected chi connectivity index (χ3v) is 4.11. The quantitative estimate of drug-likeness (QED) is 0.880. The van der Waals surface area contributed by atoms with E-state index in [1.165, 1.54) is 17.0 Å². The van der Waals surface area contributed by atoms with Crippen molar-refractivity contribution in [1.82, 2.24) is 9.88 Å². The zero-order valence-corrected chi connectivity index (χ0v) is 12.2. The SMILES string of the molecule is CC1(C)C(=O)C=CN(CCc2c[nH]c3ccccc23)C1=O. The summed E-state index contributed by atoms with van der Waals surface area (Å²) >= 11 is 0. The number of amides is 1. The summed E-state index contributed by atoms with van der Waals surface area (Å²) in [7, 11) is 0. The Hall–Kier alpha value is -2.36. The van der Waals surface area contributed by atoms with Gasteiger partial charge in [0.25, 0.3) is 0 Å². The molecule has 0 bridgehead atoms. The molecule has 0 aliphatic carbocycles. The van der Waals surface area contributed by atoms with Crippen LogP contribution in [0.15, 0.2) is 42.7 Å². The molecule has 21 heavy (non-hydrogen) atoms. The molecule has 1 amide bonds. The zero-order chi connectivity index (χ0) is 15.0. The number of ketones is 1. The number of carbonyl (C=O) groups excluding carboxylic acids is 2. The highest BCUT2D eigenvalue weighted by Gasteiger charge is 2.39. The lowest BCUT2D eigenvalue weighted by atomic mass is 9.84. The van der Waals surface area contributed by atoms with E-state index >= 15 is 0 Å². The second kappa shape index (κ2) is 4.88. The minimum atomic E-state index is -0.949. The molecule has 4 heteroatoms. The van der Waals surface area contributed by atoms with Crippen molar-refractivity contribution in [2.45, 2.75) is 20.3 Å². The molecule has 0 radical (unpaired) electrons. The van der Waals surface area contributed by atoms with Crippen molar-refractivity contribution in [3.8, 4) is 0 Å². The maximum Gasteiger partial charge on any atom is 0.240 e. The summed E-state index contributed by atoms with van der Waals surface area (Å²) in [6.45, 7) is 3.94. The van der Waals surface area contributed by atoms with Crippen molar-refractivity contribution in [3.05, 3.63) is 48.3 Å². The van der Waals surface area contributed by atoms with Gasteiger partial charge in [0, 0.05) is 29.8 Å². The smallest absolute Gasteiger partial charge is 0.240 e. The van der Waals surface area contributed by atoms with Gasteiger partial charge in [-0.2, -0.15) is 0 Å². The summed E-state index contributed by atoms with van der Waals surface area (Å²) in [6.07, 6.45) is 5.84. The first kappa shape index (κ1) is 13.6. The molecule has 1 aromatic carbocycles. The maximum absolute atomic E-state index is 12.3. The molecule has 4 nitrogen and oxygen atoms in total. The van der Waals surface area contributed by atoms with E-state index < -0.39 is 5.41 Å². The van der Waals surface area contributed by atoms with Crippen LogP contribution < -0.4 is 0 Å². The Morgan fingerprint density at radius 3 is 2.76 bits per heavy atom. The number of allylic oxidation sites excluding steroid dienone is 1. The molecule has 0 saturated heterocycles. The Kier molecular flexibility index (Phi) is 3.16. The largest absolute Gasteiger partial charge is 0.361 e. The van der Waals surface area contributed by atoms with Crippen LogP contribution in [0.5, 0.6) is 0 Å². The van der Waals surface area contributed by atoms with Crippen molar-refractivity contribution in [2.75, 3.05) is 6.54 Å². The number of rotatable bonds is 3. The van der Waals surface area contributed by atoms with E-state index in [9.17, 15) is 9.59 Å². The van der Waals surface area contributed by atoms with E-state index in [0.29, 0.717) is 6.54 Å². The minimum Gasteiger partial charge on any atom is -0.361 e. The van der Waals surface area contributed by atoms with Gasteiger partial charge in [0.2, 0.25) is 5.91 Å². The lowest BCUT2D eigenvalue weighted by molar-refractivity contribution is -0.145. The number of benzene rings is 1. The molecule has 0 saturated carbocycles. The first-order valence-corrected chi connectivity index (χ1v) is 7.09. The van der Waals surface area contributed by atoms with Crippen LogP contribution in [0.4, 0.5) is 0 Å². The monoisotopic (exact) mass is 282 g/mol. The summed E-state index contributed by atoms with van der Waals surface area (Å²) < 4.78 is 0. The number of carbonyl (C=O) groups is 2. The van der Waals surface area contributed by atoms with E-state index in [1.807, 2.05) is 24.4 Å². The molecule has 108 valence electrons. The highest BCUT2D eigenvalue weighted by molar-refractivity contribution is 6.12. The van der Waals surface area contributed by atoms with Gasteiger partial charge in [0.1, 0.15) is 5.41 Å². The Morgan fingerprint density at radius 2 is 1.95 bits per heavy atom. The van der Waals surface area contributed by atoms with E-state index in [1.54, 1.807) is 24.9 Å². The third-order valence-electron chi connectivity index (χ3n) is 4.11. The van der Waals surface area contributed by atoms with Crippen LogP contribution in [0, 0.1) is 5.41 Å². The van der Waals surface area contributed by atoms with Gasteiger partial charge >= 0.3 is 0 Å². The van der Waals surface area contributed by atoms with E-state index in [2.05, 4.69) is 11.1 Å². The molecule has 1 N–H and O–H groups in total. The first-order chi connectivity index (χ1) is 10.00. The molecule has 3 rings (SSSR count). The topological polar surface area (TPSA) is 53.2 Å². The molecular weight excluding hydrogens is 264 g/mol. The van der Waals surface area contributed by atoms with Gasteiger partial charge < -0.3 is 9.88 Å². The van der Waals surface area contributed by atoms with Crippen LogP contribution in [0.1, 0.15) is 19.4 Å². The normalized spacial score (nSPS) is 17.7. The zero-order valence-electron chi connectivity index (χ0n) is 12.2. The molecule has 0 atom stereocenters. The van der Waals surface area contributed by atoms with Gasteiger partial charge in [-0.15, -0.1) is 0 Å². The van der Waals surface area contributed by atoms with E-state index in [-0.39, 0.29) is 11.7 Å². The summed E-state index contributed by atoms with van der Waals surface area (Å²) in [5, 5.41) is 1.18. The molecule has 1 aliphatic rings. The number of aromatic amines is 1. The van der Waals surface area contributed by atoms with Crippen LogP contribution in [0.3, 0.4) is 0 Å². The highest BCUT2D eigenvalue weighted by atomic mass is 16.2. The fraction of sp³-hybridized carbons (Fsp3) is 0.294. The van der Waals surface area contributed by atoms with Crippen molar-refractivity contribution in [2.24, 2.45) is 5.41 Å². The second-order valence-electron chi connectivity index (χ2n) is 5.91. The fourth-order valence-electron chi connectivity index (χ4n) is 2.65. The summed E-state index contributed by atoms with van der Waals surface area (Å²) in [5.74, 6) is -0.259. The molecule has 0 unspecified atom stereocenters. The van der Waals surface area contributed by atoms with Gasteiger partial charge in [-0.25, -0.2) is 0 Å². The summed E-state index contributed by atoms with van der Waals surface area (Å²) in [6, 6.07) is 8.11. The van der Waals surface area contributed by atoms with Crippen molar-refractivity contribution >= 4 is 22.6 Å². The molecule has 2 heterocycles. The fourth-order valence-corrected chi connectivity index (χ4v) is 2.65.